The molecule has 5 nitrogen and oxygen atoms in total. The number of aromatic nitrogens is 3. The maximum Gasteiger partial charge on any atom is 0.212 e. The normalized spacial score (nSPS) is 11.2. The van der Waals surface area contributed by atoms with Gasteiger partial charge in [0.25, 0.3) is 0 Å². The Morgan fingerprint density at radius 2 is 1.71 bits per heavy atom. The molecule has 7 heteroatoms. The Morgan fingerprint density at radius 3 is 2.48 bits per heavy atom. The van der Waals surface area contributed by atoms with E-state index in [1.54, 1.807) is 22.7 Å². The Kier molecular flexibility index (Phi) is 7.02. The second-order valence-electron chi connectivity index (χ2n) is 6.81. The lowest BCUT2D eigenvalue weighted by atomic mass is 10.2. The maximum absolute atomic E-state index is 6.18. The molecule has 1 aromatic heterocycles. The first-order valence-electron chi connectivity index (χ1n) is 9.78. The van der Waals surface area contributed by atoms with E-state index in [0.717, 1.165) is 33.6 Å². The van der Waals surface area contributed by atoms with Gasteiger partial charge < -0.3 is 4.74 Å². The average molecular weight is 449 g/mol. The van der Waals surface area contributed by atoms with Crippen LogP contribution in [0.3, 0.4) is 0 Å². The Balaban J connectivity index is 1.38. The summed E-state index contributed by atoms with van der Waals surface area (Å²) in [7, 11) is 0. The van der Waals surface area contributed by atoms with Gasteiger partial charge in [0.05, 0.1) is 6.21 Å². The van der Waals surface area contributed by atoms with E-state index in [9.17, 15) is 0 Å². The minimum atomic E-state index is 0.426. The van der Waals surface area contributed by atoms with Crippen LogP contribution in [-0.4, -0.2) is 21.1 Å². The fraction of sp³-hybridized carbons (Fsp3) is 0.125. The highest BCUT2D eigenvalue weighted by Crippen LogP contribution is 2.22. The third-order valence-corrected chi connectivity index (χ3v) is 5.89. The molecule has 0 aliphatic carbocycles. The number of ether oxygens (including phenoxy) is 1. The first-order valence-corrected chi connectivity index (χ1v) is 11.1. The molecule has 0 unspecified atom stereocenters. The van der Waals surface area contributed by atoms with Crippen LogP contribution in [0.1, 0.15) is 22.5 Å². The summed E-state index contributed by atoms with van der Waals surface area (Å²) in [6.45, 7) is 2.32. The van der Waals surface area contributed by atoms with Gasteiger partial charge in [-0.1, -0.05) is 71.9 Å². The predicted octanol–water partition coefficient (Wildman–Crippen LogP) is 5.99. The van der Waals surface area contributed by atoms with Crippen molar-refractivity contribution in [1.29, 1.82) is 0 Å². The Morgan fingerprint density at radius 1 is 0.968 bits per heavy atom. The molecule has 0 aliphatic heterocycles. The van der Waals surface area contributed by atoms with E-state index in [2.05, 4.69) is 27.4 Å². The standard InChI is InChI=1S/C24H21ClN4OS/c1-18-27-28-24(31-17-20-7-3-2-4-8-20)29(18)26-15-19-11-13-22(14-12-19)30-16-21-9-5-6-10-23(21)25/h2-15H,16-17H2,1H3/b26-15+. The molecule has 0 atom stereocenters. The summed E-state index contributed by atoms with van der Waals surface area (Å²) in [5, 5.41) is 14.4. The van der Waals surface area contributed by atoms with Crippen LogP contribution in [0, 0.1) is 6.92 Å². The zero-order chi connectivity index (χ0) is 21.5. The smallest absolute Gasteiger partial charge is 0.212 e. The third-order valence-electron chi connectivity index (χ3n) is 4.53. The molecule has 0 saturated heterocycles. The fourth-order valence-electron chi connectivity index (χ4n) is 2.83. The topological polar surface area (TPSA) is 52.3 Å². The molecule has 4 aromatic rings. The summed E-state index contributed by atoms with van der Waals surface area (Å²) >= 11 is 7.79. The van der Waals surface area contributed by atoms with E-state index < -0.39 is 0 Å². The molecule has 31 heavy (non-hydrogen) atoms. The first kappa shape index (κ1) is 21.2. The molecule has 4 rings (SSSR count). The molecular weight excluding hydrogens is 428 g/mol. The molecule has 1 heterocycles. The predicted molar refractivity (Wildman–Crippen MR) is 126 cm³/mol. The zero-order valence-electron chi connectivity index (χ0n) is 17.0. The van der Waals surface area contributed by atoms with Gasteiger partial charge in [-0.25, -0.2) is 0 Å². The lowest BCUT2D eigenvalue weighted by Gasteiger charge is -2.08. The molecule has 0 aliphatic rings. The van der Waals surface area contributed by atoms with Gasteiger partial charge in [0.15, 0.2) is 5.82 Å². The summed E-state index contributed by atoms with van der Waals surface area (Å²) in [6, 6.07) is 25.7. The Bertz CT molecular complexity index is 1160. The lowest BCUT2D eigenvalue weighted by molar-refractivity contribution is 0.306. The number of thioether (sulfide) groups is 1. The van der Waals surface area contributed by atoms with Crippen molar-refractivity contribution in [2.24, 2.45) is 5.10 Å². The fourth-order valence-corrected chi connectivity index (χ4v) is 3.91. The molecule has 0 spiro atoms. The number of hydrogen-bond donors (Lipinski definition) is 0. The number of halogens is 1. The second kappa shape index (κ2) is 10.3. The Hall–Kier alpha value is -3.09. The van der Waals surface area contributed by atoms with Crippen LogP contribution in [0.5, 0.6) is 5.75 Å². The van der Waals surface area contributed by atoms with Gasteiger partial charge in [-0.15, -0.1) is 10.2 Å². The summed E-state index contributed by atoms with van der Waals surface area (Å²) in [6.07, 6.45) is 1.79. The summed E-state index contributed by atoms with van der Waals surface area (Å²) in [5.41, 5.74) is 3.15. The van der Waals surface area contributed by atoms with E-state index in [-0.39, 0.29) is 0 Å². The highest BCUT2D eigenvalue weighted by atomic mass is 35.5. The highest BCUT2D eigenvalue weighted by molar-refractivity contribution is 7.98. The van der Waals surface area contributed by atoms with Crippen LogP contribution in [-0.2, 0) is 12.4 Å². The maximum atomic E-state index is 6.18. The van der Waals surface area contributed by atoms with Gasteiger partial charge in [0.1, 0.15) is 12.4 Å². The van der Waals surface area contributed by atoms with E-state index in [0.29, 0.717) is 11.6 Å². The van der Waals surface area contributed by atoms with Crippen molar-refractivity contribution in [1.82, 2.24) is 14.9 Å². The Labute approximate surface area is 190 Å². The van der Waals surface area contributed by atoms with Crippen molar-refractivity contribution in [2.45, 2.75) is 24.4 Å². The van der Waals surface area contributed by atoms with Gasteiger partial charge in [0.2, 0.25) is 5.16 Å². The molecular formula is C24H21ClN4OS. The van der Waals surface area contributed by atoms with Crippen molar-refractivity contribution < 1.29 is 4.74 Å². The number of hydrogen-bond acceptors (Lipinski definition) is 5. The minimum Gasteiger partial charge on any atom is -0.489 e. The van der Waals surface area contributed by atoms with Crippen LogP contribution in [0.4, 0.5) is 0 Å². The molecule has 0 N–H and O–H groups in total. The quantitative estimate of drug-likeness (QED) is 0.245. The molecule has 0 radical (unpaired) electrons. The minimum absolute atomic E-state index is 0.426. The van der Waals surface area contributed by atoms with Crippen LogP contribution in [0.2, 0.25) is 5.02 Å². The van der Waals surface area contributed by atoms with Gasteiger partial charge in [-0.2, -0.15) is 9.78 Å². The molecule has 156 valence electrons. The van der Waals surface area contributed by atoms with Crippen LogP contribution >= 0.6 is 23.4 Å². The van der Waals surface area contributed by atoms with Gasteiger partial charge in [-0.3, -0.25) is 0 Å². The summed E-state index contributed by atoms with van der Waals surface area (Å²) in [5.74, 6) is 2.33. The molecule has 0 saturated carbocycles. The molecule has 0 fully saturated rings. The van der Waals surface area contributed by atoms with E-state index in [1.807, 2.05) is 73.7 Å². The van der Waals surface area contributed by atoms with Crippen LogP contribution < -0.4 is 4.74 Å². The summed E-state index contributed by atoms with van der Waals surface area (Å²) < 4.78 is 7.59. The van der Waals surface area contributed by atoms with E-state index in [1.165, 1.54) is 5.56 Å². The molecule has 0 amide bonds. The number of rotatable bonds is 8. The van der Waals surface area contributed by atoms with Crippen molar-refractivity contribution in [3.63, 3.8) is 0 Å². The van der Waals surface area contributed by atoms with Crippen molar-refractivity contribution in [3.8, 4) is 5.75 Å². The second-order valence-corrected chi connectivity index (χ2v) is 8.16. The first-order chi connectivity index (χ1) is 15.2. The van der Waals surface area contributed by atoms with Crippen LogP contribution in [0.25, 0.3) is 0 Å². The number of nitrogens with zero attached hydrogens (tertiary/aromatic N) is 4. The van der Waals surface area contributed by atoms with Crippen molar-refractivity contribution in [3.05, 3.63) is 106 Å². The van der Waals surface area contributed by atoms with Crippen molar-refractivity contribution >= 4 is 29.6 Å². The monoisotopic (exact) mass is 448 g/mol. The zero-order valence-corrected chi connectivity index (χ0v) is 18.6. The largest absolute Gasteiger partial charge is 0.489 e. The highest BCUT2D eigenvalue weighted by Gasteiger charge is 2.08. The summed E-state index contributed by atoms with van der Waals surface area (Å²) in [4.78, 5) is 0. The average Bonchev–Trinajstić information content (AvgIpc) is 3.16. The molecule has 3 aromatic carbocycles. The van der Waals surface area contributed by atoms with Gasteiger partial charge in [0, 0.05) is 16.3 Å². The third kappa shape index (κ3) is 5.75. The SMILES string of the molecule is Cc1nnc(SCc2ccccc2)n1/N=C/c1ccc(OCc2ccccc2Cl)cc1. The molecule has 0 bridgehead atoms. The van der Waals surface area contributed by atoms with Gasteiger partial charge in [-0.05, 0) is 48.4 Å². The number of benzene rings is 3. The van der Waals surface area contributed by atoms with Gasteiger partial charge >= 0.3 is 0 Å². The van der Waals surface area contributed by atoms with Crippen LogP contribution in [0.15, 0.2) is 89.1 Å². The van der Waals surface area contributed by atoms with Crippen molar-refractivity contribution in [2.75, 3.05) is 0 Å². The van der Waals surface area contributed by atoms with E-state index in [4.69, 9.17) is 16.3 Å². The van der Waals surface area contributed by atoms with E-state index >= 15 is 0 Å². The lowest BCUT2D eigenvalue weighted by Crippen LogP contribution is -1.97. The number of aryl methyl sites for hydroxylation is 1.